The van der Waals surface area contributed by atoms with Crippen molar-refractivity contribution in [2.75, 3.05) is 6.61 Å². The van der Waals surface area contributed by atoms with Crippen molar-refractivity contribution in [2.24, 2.45) is 11.8 Å². The van der Waals surface area contributed by atoms with Crippen molar-refractivity contribution in [1.29, 1.82) is 0 Å². The van der Waals surface area contributed by atoms with Crippen LogP contribution in [0.4, 0.5) is 4.39 Å². The lowest BCUT2D eigenvalue weighted by Crippen LogP contribution is -2.00. The van der Waals surface area contributed by atoms with E-state index in [4.69, 9.17) is 4.74 Å². The Morgan fingerprint density at radius 2 is 2.29 bits per heavy atom. The summed E-state index contributed by atoms with van der Waals surface area (Å²) in [6.45, 7) is 4.89. The van der Waals surface area contributed by atoms with E-state index >= 15 is 0 Å². The molecular weight excluding hydrogens is 179 g/mol. The lowest BCUT2D eigenvalue weighted by molar-refractivity contribution is 0.189. The first-order valence-corrected chi connectivity index (χ1v) is 5.08. The SMILES string of the molecule is CC(C)COC1=CC2CC2=C(F)C=C1. The Labute approximate surface area is 84.0 Å². The molecule has 1 unspecified atom stereocenters. The summed E-state index contributed by atoms with van der Waals surface area (Å²) in [5, 5.41) is 0. The van der Waals surface area contributed by atoms with E-state index in [1.807, 2.05) is 6.08 Å². The topological polar surface area (TPSA) is 9.23 Å². The molecule has 0 spiro atoms. The van der Waals surface area contributed by atoms with Gasteiger partial charge in [0.2, 0.25) is 0 Å². The molecule has 2 aliphatic rings. The van der Waals surface area contributed by atoms with E-state index in [9.17, 15) is 4.39 Å². The second kappa shape index (κ2) is 3.60. The average Bonchev–Trinajstić information content (AvgIpc) is 2.87. The van der Waals surface area contributed by atoms with Crippen LogP contribution in [0.5, 0.6) is 0 Å². The van der Waals surface area contributed by atoms with Crippen molar-refractivity contribution < 1.29 is 9.13 Å². The van der Waals surface area contributed by atoms with Gasteiger partial charge in [-0.15, -0.1) is 0 Å². The van der Waals surface area contributed by atoms with Crippen LogP contribution < -0.4 is 0 Å². The molecule has 0 saturated heterocycles. The van der Waals surface area contributed by atoms with Crippen LogP contribution in [0.2, 0.25) is 0 Å². The minimum absolute atomic E-state index is 0.0746. The summed E-state index contributed by atoms with van der Waals surface area (Å²) in [5.41, 5.74) is 0.921. The summed E-state index contributed by atoms with van der Waals surface area (Å²) in [5.74, 6) is 1.54. The molecule has 1 fully saturated rings. The molecule has 0 aliphatic heterocycles. The van der Waals surface area contributed by atoms with Crippen molar-refractivity contribution in [3.63, 3.8) is 0 Å². The van der Waals surface area contributed by atoms with Gasteiger partial charge in [-0.2, -0.15) is 0 Å². The summed E-state index contributed by atoms with van der Waals surface area (Å²) in [4.78, 5) is 0. The minimum Gasteiger partial charge on any atom is -0.494 e. The normalized spacial score (nSPS) is 24.6. The zero-order valence-electron chi connectivity index (χ0n) is 8.59. The maximum Gasteiger partial charge on any atom is 0.123 e. The molecule has 0 N–H and O–H groups in total. The van der Waals surface area contributed by atoms with Crippen molar-refractivity contribution in [3.8, 4) is 0 Å². The first-order valence-electron chi connectivity index (χ1n) is 5.08. The van der Waals surface area contributed by atoms with Gasteiger partial charge in [-0.25, -0.2) is 4.39 Å². The third kappa shape index (κ3) is 2.06. The van der Waals surface area contributed by atoms with Crippen LogP contribution >= 0.6 is 0 Å². The molecular formula is C12H15FO. The quantitative estimate of drug-likeness (QED) is 0.669. The van der Waals surface area contributed by atoms with Crippen LogP contribution in [0.25, 0.3) is 0 Å². The van der Waals surface area contributed by atoms with E-state index in [1.165, 1.54) is 6.08 Å². The van der Waals surface area contributed by atoms with Gasteiger partial charge in [0.15, 0.2) is 0 Å². The highest BCUT2D eigenvalue weighted by Crippen LogP contribution is 2.44. The second-order valence-electron chi connectivity index (χ2n) is 4.29. The Morgan fingerprint density at radius 3 is 3.00 bits per heavy atom. The van der Waals surface area contributed by atoms with Crippen molar-refractivity contribution >= 4 is 0 Å². The van der Waals surface area contributed by atoms with Crippen molar-refractivity contribution in [2.45, 2.75) is 20.3 Å². The number of ether oxygens (including phenoxy) is 1. The smallest absolute Gasteiger partial charge is 0.123 e. The van der Waals surface area contributed by atoms with Crippen molar-refractivity contribution in [3.05, 3.63) is 35.4 Å². The molecule has 2 rings (SSSR count). The number of hydrogen-bond donors (Lipinski definition) is 0. The van der Waals surface area contributed by atoms with Gasteiger partial charge in [-0.1, -0.05) is 13.8 Å². The monoisotopic (exact) mass is 194 g/mol. The van der Waals surface area contributed by atoms with E-state index in [1.54, 1.807) is 6.08 Å². The zero-order chi connectivity index (χ0) is 10.1. The van der Waals surface area contributed by atoms with Crippen molar-refractivity contribution in [1.82, 2.24) is 0 Å². The Bertz CT molecular complexity index is 323. The molecule has 0 heterocycles. The fraction of sp³-hybridized carbons (Fsp3) is 0.500. The van der Waals surface area contributed by atoms with E-state index < -0.39 is 0 Å². The van der Waals surface area contributed by atoms with E-state index in [0.717, 1.165) is 17.8 Å². The average molecular weight is 194 g/mol. The molecule has 1 nitrogen and oxygen atoms in total. The zero-order valence-corrected chi connectivity index (χ0v) is 8.59. The molecule has 0 amide bonds. The number of hydrogen-bond acceptors (Lipinski definition) is 1. The van der Waals surface area contributed by atoms with Gasteiger partial charge < -0.3 is 4.74 Å². The van der Waals surface area contributed by atoms with Gasteiger partial charge in [0, 0.05) is 5.92 Å². The summed E-state index contributed by atoms with van der Waals surface area (Å²) in [6.07, 6.45) is 6.11. The molecule has 76 valence electrons. The highest BCUT2D eigenvalue weighted by atomic mass is 19.1. The van der Waals surface area contributed by atoms with Crippen LogP contribution in [-0.4, -0.2) is 6.61 Å². The van der Waals surface area contributed by atoms with Crippen LogP contribution in [0.15, 0.2) is 35.4 Å². The number of rotatable bonds is 3. The third-order valence-corrected chi connectivity index (χ3v) is 2.38. The summed E-state index contributed by atoms with van der Waals surface area (Å²) in [7, 11) is 0. The second-order valence-corrected chi connectivity index (χ2v) is 4.29. The van der Waals surface area contributed by atoms with Crippen LogP contribution in [-0.2, 0) is 4.74 Å². The highest BCUT2D eigenvalue weighted by Gasteiger charge is 2.32. The Kier molecular flexibility index (Phi) is 2.44. The molecule has 2 aliphatic carbocycles. The van der Waals surface area contributed by atoms with E-state index in [0.29, 0.717) is 18.4 Å². The predicted molar refractivity (Wildman–Crippen MR) is 54.3 cm³/mol. The van der Waals surface area contributed by atoms with Gasteiger partial charge >= 0.3 is 0 Å². The fourth-order valence-corrected chi connectivity index (χ4v) is 1.49. The lowest BCUT2D eigenvalue weighted by Gasteiger charge is -2.08. The predicted octanol–water partition coefficient (Wildman–Crippen LogP) is 3.36. The van der Waals surface area contributed by atoms with Gasteiger partial charge in [-0.3, -0.25) is 0 Å². The number of fused-ring (bicyclic) bond motifs is 1. The molecule has 2 heteroatoms. The molecule has 0 aromatic rings. The standard InChI is InChI=1S/C12H15FO/c1-8(2)7-14-10-3-4-12(13)11-6-9(11)5-10/h3-5,8-9H,6-7H2,1-2H3. The molecule has 0 bridgehead atoms. The first kappa shape index (κ1) is 9.50. The third-order valence-electron chi connectivity index (χ3n) is 2.38. The minimum atomic E-state index is -0.0746. The summed E-state index contributed by atoms with van der Waals surface area (Å²) >= 11 is 0. The maximum absolute atomic E-state index is 13.2. The largest absolute Gasteiger partial charge is 0.494 e. The van der Waals surface area contributed by atoms with Gasteiger partial charge in [0.05, 0.1) is 6.61 Å². The van der Waals surface area contributed by atoms with Crippen LogP contribution in [0.1, 0.15) is 20.3 Å². The first-order chi connectivity index (χ1) is 6.66. The van der Waals surface area contributed by atoms with E-state index in [-0.39, 0.29) is 5.83 Å². The molecule has 1 saturated carbocycles. The maximum atomic E-state index is 13.2. The fourth-order valence-electron chi connectivity index (χ4n) is 1.49. The summed E-state index contributed by atoms with van der Waals surface area (Å²) in [6, 6.07) is 0. The van der Waals surface area contributed by atoms with Crippen LogP contribution in [0, 0.1) is 11.8 Å². The molecule has 1 atom stereocenters. The Hall–Kier alpha value is -1.05. The van der Waals surface area contributed by atoms with Gasteiger partial charge in [0.1, 0.15) is 11.6 Å². The number of allylic oxidation sites excluding steroid dienone is 5. The Morgan fingerprint density at radius 1 is 1.50 bits per heavy atom. The van der Waals surface area contributed by atoms with Gasteiger partial charge in [-0.05, 0) is 36.1 Å². The Balaban J connectivity index is 1.99. The molecule has 0 radical (unpaired) electrons. The van der Waals surface area contributed by atoms with E-state index in [2.05, 4.69) is 13.8 Å². The molecule has 14 heavy (non-hydrogen) atoms. The lowest BCUT2D eigenvalue weighted by atomic mass is 10.2. The summed E-state index contributed by atoms with van der Waals surface area (Å²) < 4.78 is 18.7. The highest BCUT2D eigenvalue weighted by molar-refractivity contribution is 5.42. The molecule has 0 aromatic heterocycles. The van der Waals surface area contributed by atoms with Gasteiger partial charge in [0.25, 0.3) is 0 Å². The molecule has 0 aromatic carbocycles. The van der Waals surface area contributed by atoms with Crippen LogP contribution in [0.3, 0.4) is 0 Å². The number of halogens is 1.